The van der Waals surface area contributed by atoms with Crippen molar-refractivity contribution in [2.45, 2.75) is 210 Å². The summed E-state index contributed by atoms with van der Waals surface area (Å²) >= 11 is 4.08. The summed E-state index contributed by atoms with van der Waals surface area (Å²) in [4.78, 5) is 2.87. The standard InChI is InChI=1S/C43H76N2S2/c1-3-5-7-9-11-13-15-18-22-26-34-44-36-30-42(31-37-44)46-40-28-24-20-17-21-25-29-41-47-43-32-38-45(39-33-43)35-27-23-19-16-14-12-10-8-6-4-2/h30-33,36-39H,3-29,34-35,40-41H2,1-2H3/q+2. The van der Waals surface area contributed by atoms with Crippen LogP contribution < -0.4 is 9.13 Å². The third-order valence-electron chi connectivity index (χ3n) is 9.59. The van der Waals surface area contributed by atoms with Gasteiger partial charge in [0.15, 0.2) is 24.8 Å². The van der Waals surface area contributed by atoms with Gasteiger partial charge in [-0.1, -0.05) is 149 Å². The highest BCUT2D eigenvalue weighted by molar-refractivity contribution is 7.99. The fourth-order valence-corrected chi connectivity index (χ4v) is 8.21. The van der Waals surface area contributed by atoms with Crippen molar-refractivity contribution >= 4 is 23.5 Å². The van der Waals surface area contributed by atoms with Crippen LogP contribution in [0.1, 0.15) is 187 Å². The molecule has 0 aromatic carbocycles. The fraction of sp³-hybridized carbons (Fsp3) is 0.767. The van der Waals surface area contributed by atoms with Crippen LogP contribution in [0.4, 0.5) is 0 Å². The van der Waals surface area contributed by atoms with Gasteiger partial charge in [-0.25, -0.2) is 9.13 Å². The lowest BCUT2D eigenvalue weighted by molar-refractivity contribution is -0.697. The molecule has 0 radical (unpaired) electrons. The van der Waals surface area contributed by atoms with Crippen molar-refractivity contribution in [3.63, 3.8) is 0 Å². The van der Waals surface area contributed by atoms with E-state index in [0.29, 0.717) is 0 Å². The van der Waals surface area contributed by atoms with E-state index < -0.39 is 0 Å². The van der Waals surface area contributed by atoms with Crippen LogP contribution in [0.2, 0.25) is 0 Å². The zero-order valence-corrected chi connectivity index (χ0v) is 32.9. The van der Waals surface area contributed by atoms with Crippen molar-refractivity contribution in [1.82, 2.24) is 0 Å². The summed E-state index contributed by atoms with van der Waals surface area (Å²) in [6, 6.07) is 9.30. The number of thioether (sulfide) groups is 2. The van der Waals surface area contributed by atoms with Gasteiger partial charge in [-0.05, 0) is 37.2 Å². The molecule has 0 bridgehead atoms. The molecule has 0 N–H and O–H groups in total. The van der Waals surface area contributed by atoms with E-state index >= 15 is 0 Å². The first-order valence-corrected chi connectivity index (χ1v) is 22.5. The van der Waals surface area contributed by atoms with Gasteiger partial charge in [0.25, 0.3) is 0 Å². The van der Waals surface area contributed by atoms with Crippen LogP contribution >= 0.6 is 23.5 Å². The summed E-state index contributed by atoms with van der Waals surface area (Å²) in [6.07, 6.45) is 47.0. The lowest BCUT2D eigenvalue weighted by Gasteiger charge is -2.04. The quantitative estimate of drug-likeness (QED) is 0.0412. The Hall–Kier alpha value is -1.00. The first-order valence-electron chi connectivity index (χ1n) is 20.6. The second-order valence-corrected chi connectivity index (χ2v) is 16.4. The monoisotopic (exact) mass is 685 g/mol. The van der Waals surface area contributed by atoms with E-state index in [0.717, 1.165) is 0 Å². The lowest BCUT2D eigenvalue weighted by atomic mass is 10.1. The van der Waals surface area contributed by atoms with Crippen LogP contribution in [-0.2, 0) is 13.1 Å². The number of aryl methyl sites for hydroxylation is 2. The Morgan fingerprint density at radius 1 is 0.340 bits per heavy atom. The SMILES string of the molecule is CCCCCCCCCCCC[n+]1ccc(SCCCCCCCCCSc2cc[n+](CCCCCCCCCCCC)cc2)cc1. The molecule has 2 nitrogen and oxygen atoms in total. The molecule has 0 aliphatic carbocycles. The molecule has 0 amide bonds. The summed E-state index contributed by atoms with van der Waals surface area (Å²) in [6.45, 7) is 6.94. The van der Waals surface area contributed by atoms with Crippen LogP contribution in [0, 0.1) is 0 Å². The van der Waals surface area contributed by atoms with Gasteiger partial charge in [0.05, 0.1) is 0 Å². The van der Waals surface area contributed by atoms with E-state index in [1.54, 1.807) is 0 Å². The number of nitrogens with zero attached hydrogens (tertiary/aromatic N) is 2. The highest BCUT2D eigenvalue weighted by atomic mass is 32.2. The Bertz CT molecular complexity index is 839. The van der Waals surface area contributed by atoms with Crippen molar-refractivity contribution < 1.29 is 9.13 Å². The molecule has 4 heteroatoms. The molecule has 0 aliphatic heterocycles. The van der Waals surface area contributed by atoms with E-state index in [9.17, 15) is 0 Å². The molecule has 2 rings (SSSR count). The normalized spacial score (nSPS) is 11.4. The van der Waals surface area contributed by atoms with Crippen molar-refractivity contribution in [3.8, 4) is 0 Å². The number of hydrogen-bond acceptors (Lipinski definition) is 2. The van der Waals surface area contributed by atoms with Gasteiger partial charge in [-0.15, -0.1) is 23.5 Å². The molecule has 0 spiro atoms. The number of aromatic nitrogens is 2. The molecule has 2 aromatic rings. The number of pyridine rings is 2. The van der Waals surface area contributed by atoms with Crippen LogP contribution in [-0.4, -0.2) is 11.5 Å². The highest BCUT2D eigenvalue weighted by Gasteiger charge is 2.04. The van der Waals surface area contributed by atoms with Gasteiger partial charge in [0.1, 0.15) is 13.1 Å². The molecule has 0 saturated heterocycles. The minimum atomic E-state index is 1.17. The Morgan fingerprint density at radius 3 is 0.894 bits per heavy atom. The van der Waals surface area contributed by atoms with Crippen LogP contribution in [0.5, 0.6) is 0 Å². The summed E-state index contributed by atoms with van der Waals surface area (Å²) in [5.41, 5.74) is 0. The molecular weight excluding hydrogens is 609 g/mol. The largest absolute Gasteiger partial charge is 0.205 e. The molecule has 0 fully saturated rings. The number of rotatable bonds is 34. The van der Waals surface area contributed by atoms with E-state index in [-0.39, 0.29) is 0 Å². The fourth-order valence-electron chi connectivity index (χ4n) is 6.41. The third-order valence-corrected chi connectivity index (χ3v) is 11.8. The average Bonchev–Trinajstić information content (AvgIpc) is 3.10. The van der Waals surface area contributed by atoms with Gasteiger partial charge in [0.2, 0.25) is 0 Å². The summed E-state index contributed by atoms with van der Waals surface area (Å²) in [5, 5.41) is 0. The van der Waals surface area contributed by atoms with Crippen LogP contribution in [0.25, 0.3) is 0 Å². The molecular formula is C43H76N2S2+2. The minimum absolute atomic E-state index is 1.17. The zero-order chi connectivity index (χ0) is 33.3. The minimum Gasteiger partial charge on any atom is -0.205 e. The second kappa shape index (κ2) is 32.2. The molecule has 268 valence electrons. The average molecular weight is 685 g/mol. The van der Waals surface area contributed by atoms with Gasteiger partial charge in [-0.3, -0.25) is 0 Å². The van der Waals surface area contributed by atoms with Crippen molar-refractivity contribution in [1.29, 1.82) is 0 Å². The zero-order valence-electron chi connectivity index (χ0n) is 31.3. The Balaban J connectivity index is 1.33. The van der Waals surface area contributed by atoms with Crippen molar-refractivity contribution in [2.24, 2.45) is 0 Å². The topological polar surface area (TPSA) is 7.76 Å². The van der Waals surface area contributed by atoms with Gasteiger partial charge in [-0.2, -0.15) is 0 Å². The first-order chi connectivity index (χ1) is 23.3. The highest BCUT2D eigenvalue weighted by Crippen LogP contribution is 2.21. The summed E-state index contributed by atoms with van der Waals surface area (Å²) in [7, 11) is 0. The molecule has 47 heavy (non-hydrogen) atoms. The lowest BCUT2D eigenvalue weighted by Crippen LogP contribution is -2.32. The molecule has 0 saturated carbocycles. The van der Waals surface area contributed by atoms with E-state index in [1.807, 2.05) is 23.5 Å². The second-order valence-electron chi connectivity index (χ2n) is 14.1. The summed E-state index contributed by atoms with van der Waals surface area (Å²) < 4.78 is 4.75. The molecule has 2 heterocycles. The van der Waals surface area contributed by atoms with Crippen LogP contribution in [0.3, 0.4) is 0 Å². The number of hydrogen-bond donors (Lipinski definition) is 0. The maximum absolute atomic E-state index is 2.38. The maximum Gasteiger partial charge on any atom is 0.169 e. The smallest absolute Gasteiger partial charge is 0.169 e. The number of unbranched alkanes of at least 4 members (excludes halogenated alkanes) is 24. The predicted molar refractivity (Wildman–Crippen MR) is 211 cm³/mol. The molecule has 0 unspecified atom stereocenters. The van der Waals surface area contributed by atoms with E-state index in [1.165, 1.54) is 208 Å². The van der Waals surface area contributed by atoms with Gasteiger partial charge >= 0.3 is 0 Å². The third kappa shape index (κ3) is 25.6. The summed E-state index contributed by atoms with van der Waals surface area (Å²) in [5.74, 6) is 2.52. The predicted octanol–water partition coefficient (Wildman–Crippen LogP) is 13.7. The van der Waals surface area contributed by atoms with Gasteiger partial charge < -0.3 is 0 Å². The molecule has 0 atom stereocenters. The van der Waals surface area contributed by atoms with Crippen molar-refractivity contribution in [3.05, 3.63) is 49.1 Å². The molecule has 0 aliphatic rings. The Labute approximate surface area is 302 Å². The Morgan fingerprint density at radius 2 is 0.596 bits per heavy atom. The van der Waals surface area contributed by atoms with Crippen molar-refractivity contribution in [2.75, 3.05) is 11.5 Å². The van der Waals surface area contributed by atoms with E-state index in [2.05, 4.69) is 72.0 Å². The first kappa shape index (κ1) is 42.2. The van der Waals surface area contributed by atoms with Gasteiger partial charge in [0, 0.05) is 46.9 Å². The maximum atomic E-state index is 2.38. The van der Waals surface area contributed by atoms with E-state index in [4.69, 9.17) is 0 Å². The Kier molecular flexibility index (Phi) is 28.9. The van der Waals surface area contributed by atoms with Crippen LogP contribution in [0.15, 0.2) is 58.8 Å². The molecule has 2 aromatic heterocycles.